The number of nitrogens with zero attached hydrogens (tertiary/aromatic N) is 5. The Labute approximate surface area is 241 Å². The van der Waals surface area contributed by atoms with Crippen LogP contribution in [0.15, 0.2) is 36.8 Å². The van der Waals surface area contributed by atoms with Crippen LogP contribution < -0.4 is 0 Å². The number of piperidine rings is 1. The number of likely N-dealkylation sites (tertiary alicyclic amines) is 2. The standard InChI is InChI=1S/C32H42FN5O3/c1-20(2)35(5)32(41)27-13-26(33)6-7-29(27)38-18-24(31-21(3)14-34-15-30(31)38)12-23-8-10-37(16-23)28-9-11-36(22(4)40)17-25(28)19-39/h6-7,13-15,18,20,23,25,28,39H,8-12,16-17,19H2,1-5H3/t23-,25?,28?/m0/s1. The zero-order valence-electron chi connectivity index (χ0n) is 24.8. The third-order valence-electron chi connectivity index (χ3n) is 9.19. The van der Waals surface area contributed by atoms with E-state index >= 15 is 0 Å². The van der Waals surface area contributed by atoms with E-state index in [0.717, 1.165) is 55.4 Å². The van der Waals surface area contributed by atoms with Crippen LogP contribution in [0.5, 0.6) is 0 Å². The number of fused-ring (bicyclic) bond motifs is 1. The molecule has 2 unspecified atom stereocenters. The van der Waals surface area contributed by atoms with E-state index in [1.807, 2.05) is 35.7 Å². The zero-order chi connectivity index (χ0) is 29.4. The largest absolute Gasteiger partial charge is 0.396 e. The second-order valence-corrected chi connectivity index (χ2v) is 12.2. The highest BCUT2D eigenvalue weighted by Gasteiger charge is 2.37. The summed E-state index contributed by atoms with van der Waals surface area (Å²) in [6.45, 7) is 10.9. The van der Waals surface area contributed by atoms with Crippen molar-refractivity contribution >= 4 is 22.7 Å². The fourth-order valence-electron chi connectivity index (χ4n) is 6.72. The van der Waals surface area contributed by atoms with Gasteiger partial charge in [-0.1, -0.05) is 0 Å². The van der Waals surface area contributed by atoms with E-state index in [4.69, 9.17) is 0 Å². The Hall–Kier alpha value is -3.30. The van der Waals surface area contributed by atoms with E-state index < -0.39 is 5.82 Å². The molecule has 0 bridgehead atoms. The summed E-state index contributed by atoms with van der Waals surface area (Å²) in [5, 5.41) is 11.2. The third kappa shape index (κ3) is 5.75. The van der Waals surface area contributed by atoms with Gasteiger partial charge >= 0.3 is 0 Å². The molecule has 2 aliphatic rings. The van der Waals surface area contributed by atoms with Crippen LogP contribution in [0, 0.1) is 24.6 Å². The molecule has 2 amide bonds. The van der Waals surface area contributed by atoms with Crippen LogP contribution in [0.4, 0.5) is 4.39 Å². The van der Waals surface area contributed by atoms with Crippen LogP contribution in [-0.2, 0) is 11.2 Å². The lowest BCUT2D eigenvalue weighted by atomic mass is 9.91. The molecule has 1 aromatic carbocycles. The number of aromatic nitrogens is 2. The summed E-state index contributed by atoms with van der Waals surface area (Å²) < 4.78 is 16.4. The molecule has 9 heteroatoms. The molecular formula is C32H42FN5O3. The minimum absolute atomic E-state index is 0.0232. The number of amides is 2. The average molecular weight is 564 g/mol. The number of carbonyl (C=O) groups excluding carboxylic acids is 2. The number of halogens is 1. The fraction of sp³-hybridized carbons (Fsp3) is 0.531. The summed E-state index contributed by atoms with van der Waals surface area (Å²) in [6, 6.07) is 4.67. The van der Waals surface area contributed by atoms with Crippen molar-refractivity contribution < 1.29 is 19.1 Å². The number of aryl methyl sites for hydroxylation is 1. The van der Waals surface area contributed by atoms with Crippen molar-refractivity contribution in [2.75, 3.05) is 39.8 Å². The van der Waals surface area contributed by atoms with Crippen LogP contribution in [0.1, 0.15) is 55.1 Å². The van der Waals surface area contributed by atoms with Crippen LogP contribution >= 0.6 is 0 Å². The maximum atomic E-state index is 14.4. The molecule has 1 N–H and O–H groups in total. The van der Waals surface area contributed by atoms with Gasteiger partial charge in [0, 0.05) is 76.0 Å². The van der Waals surface area contributed by atoms with E-state index in [-0.39, 0.29) is 36.4 Å². The molecule has 3 atom stereocenters. The zero-order valence-corrected chi connectivity index (χ0v) is 24.8. The number of carbonyl (C=O) groups is 2. The van der Waals surface area contributed by atoms with Gasteiger partial charge in [-0.05, 0) is 81.8 Å². The second-order valence-electron chi connectivity index (χ2n) is 12.2. The van der Waals surface area contributed by atoms with Crippen molar-refractivity contribution in [1.82, 2.24) is 24.3 Å². The molecule has 220 valence electrons. The van der Waals surface area contributed by atoms with Gasteiger partial charge in [-0.3, -0.25) is 19.5 Å². The average Bonchev–Trinajstić information content (AvgIpc) is 3.57. The van der Waals surface area contributed by atoms with E-state index in [9.17, 15) is 19.1 Å². The predicted molar refractivity (Wildman–Crippen MR) is 158 cm³/mol. The molecule has 8 nitrogen and oxygen atoms in total. The molecule has 41 heavy (non-hydrogen) atoms. The van der Waals surface area contributed by atoms with E-state index in [1.54, 1.807) is 24.9 Å². The fourth-order valence-corrected chi connectivity index (χ4v) is 6.72. The Kier molecular flexibility index (Phi) is 8.47. The lowest BCUT2D eigenvalue weighted by Crippen LogP contribution is -2.52. The topological polar surface area (TPSA) is 81.9 Å². The minimum Gasteiger partial charge on any atom is -0.396 e. The molecule has 2 aliphatic heterocycles. The molecule has 0 radical (unpaired) electrons. The number of benzene rings is 1. The maximum absolute atomic E-state index is 14.4. The number of aliphatic hydroxyl groups excluding tert-OH is 1. The summed E-state index contributed by atoms with van der Waals surface area (Å²) in [5.41, 5.74) is 4.13. The lowest BCUT2D eigenvalue weighted by Gasteiger charge is -2.42. The van der Waals surface area contributed by atoms with Crippen LogP contribution in [0.2, 0.25) is 0 Å². The van der Waals surface area contributed by atoms with E-state index in [0.29, 0.717) is 23.7 Å². The Bertz CT molecular complexity index is 1440. The van der Waals surface area contributed by atoms with Gasteiger partial charge in [-0.15, -0.1) is 0 Å². The summed E-state index contributed by atoms with van der Waals surface area (Å²) in [5.74, 6) is -0.0849. The first kappa shape index (κ1) is 29.2. The Morgan fingerprint density at radius 3 is 2.66 bits per heavy atom. The first-order valence-electron chi connectivity index (χ1n) is 14.7. The Morgan fingerprint density at radius 1 is 1.17 bits per heavy atom. The highest BCUT2D eigenvalue weighted by molar-refractivity contribution is 5.99. The van der Waals surface area contributed by atoms with Gasteiger partial charge in [-0.25, -0.2) is 4.39 Å². The molecular weight excluding hydrogens is 521 g/mol. The number of hydrogen-bond donors (Lipinski definition) is 1. The molecule has 0 saturated carbocycles. The minimum atomic E-state index is -0.443. The van der Waals surface area contributed by atoms with Crippen molar-refractivity contribution in [3.8, 4) is 5.69 Å². The maximum Gasteiger partial charge on any atom is 0.256 e. The molecule has 5 rings (SSSR count). The number of pyridine rings is 1. The number of hydrogen-bond acceptors (Lipinski definition) is 5. The monoisotopic (exact) mass is 563 g/mol. The molecule has 3 aromatic rings. The molecule has 0 spiro atoms. The summed E-state index contributed by atoms with van der Waals surface area (Å²) in [7, 11) is 1.74. The molecule has 4 heterocycles. The first-order valence-corrected chi connectivity index (χ1v) is 14.7. The van der Waals surface area contributed by atoms with Gasteiger partial charge < -0.3 is 19.5 Å². The summed E-state index contributed by atoms with van der Waals surface area (Å²) in [6.07, 6.45) is 8.61. The molecule has 2 fully saturated rings. The van der Waals surface area contributed by atoms with Gasteiger partial charge in [0.15, 0.2) is 0 Å². The summed E-state index contributed by atoms with van der Waals surface area (Å²) >= 11 is 0. The number of rotatable bonds is 7. The van der Waals surface area contributed by atoms with Gasteiger partial charge in [0.25, 0.3) is 5.91 Å². The SMILES string of the molecule is CC(=O)N1CCC(N2CC[C@@H](Cc3cn(-c4ccc(F)cc4C(=O)N(C)C(C)C)c4cncc(C)c34)C2)C(CO)C1. The van der Waals surface area contributed by atoms with Crippen molar-refractivity contribution in [3.63, 3.8) is 0 Å². The first-order chi connectivity index (χ1) is 19.6. The second kappa shape index (κ2) is 11.9. The third-order valence-corrected chi connectivity index (χ3v) is 9.19. The van der Waals surface area contributed by atoms with E-state index in [1.165, 1.54) is 17.7 Å². The van der Waals surface area contributed by atoms with Gasteiger partial charge in [0.05, 0.1) is 23.0 Å². The van der Waals surface area contributed by atoms with Crippen molar-refractivity contribution in [2.24, 2.45) is 11.8 Å². The van der Waals surface area contributed by atoms with Gasteiger partial charge in [-0.2, -0.15) is 0 Å². The van der Waals surface area contributed by atoms with Crippen LogP contribution in [0.3, 0.4) is 0 Å². The van der Waals surface area contributed by atoms with Crippen molar-refractivity contribution in [2.45, 2.75) is 59.0 Å². The highest BCUT2D eigenvalue weighted by Crippen LogP contribution is 2.34. The lowest BCUT2D eigenvalue weighted by molar-refractivity contribution is -0.132. The quantitative estimate of drug-likeness (QED) is 0.469. The molecule has 0 aliphatic carbocycles. The molecule has 2 aromatic heterocycles. The normalized spacial score (nSPS) is 21.7. The van der Waals surface area contributed by atoms with Crippen molar-refractivity contribution in [1.29, 1.82) is 0 Å². The summed E-state index contributed by atoms with van der Waals surface area (Å²) in [4.78, 5) is 35.8. The Morgan fingerprint density at radius 2 is 1.95 bits per heavy atom. The Balaban J connectivity index is 1.43. The van der Waals surface area contributed by atoms with Gasteiger partial charge in [0.2, 0.25) is 5.91 Å². The number of aliphatic hydroxyl groups is 1. The van der Waals surface area contributed by atoms with E-state index in [2.05, 4.69) is 23.0 Å². The van der Waals surface area contributed by atoms with Crippen molar-refractivity contribution in [3.05, 3.63) is 59.3 Å². The van der Waals surface area contributed by atoms with Crippen LogP contribution in [0.25, 0.3) is 16.6 Å². The smallest absolute Gasteiger partial charge is 0.256 e. The van der Waals surface area contributed by atoms with Gasteiger partial charge in [0.1, 0.15) is 5.82 Å². The highest BCUT2D eigenvalue weighted by atomic mass is 19.1. The molecule has 2 saturated heterocycles. The predicted octanol–water partition coefficient (Wildman–Crippen LogP) is 4.05. The van der Waals surface area contributed by atoms with Crippen LogP contribution in [-0.4, -0.2) is 93.1 Å².